The number of hydrogen-bond acceptors (Lipinski definition) is 6. The van der Waals surface area contributed by atoms with Crippen LogP contribution in [0.15, 0.2) is 78.0 Å². The minimum Gasteiger partial charge on any atom is -0.454 e. The summed E-state index contributed by atoms with van der Waals surface area (Å²) >= 11 is 1.42. The van der Waals surface area contributed by atoms with Crippen molar-refractivity contribution >= 4 is 23.4 Å². The molecule has 0 bridgehead atoms. The van der Waals surface area contributed by atoms with Gasteiger partial charge >= 0.3 is 0 Å². The Balaban J connectivity index is 1.35. The molecule has 1 aromatic heterocycles. The molecule has 1 amide bonds. The van der Waals surface area contributed by atoms with Gasteiger partial charge in [-0.3, -0.25) is 9.36 Å². The van der Waals surface area contributed by atoms with E-state index in [2.05, 4.69) is 23.2 Å². The van der Waals surface area contributed by atoms with Crippen LogP contribution < -0.4 is 14.4 Å². The zero-order valence-corrected chi connectivity index (χ0v) is 20.2. The number of nitrogens with zero attached hydrogens (tertiary/aromatic N) is 4. The molecule has 4 aromatic rings. The molecule has 2 atom stereocenters. The Morgan fingerprint density at radius 1 is 1.00 bits per heavy atom. The van der Waals surface area contributed by atoms with Crippen molar-refractivity contribution in [1.82, 2.24) is 14.8 Å². The number of para-hydroxylation sites is 2. The van der Waals surface area contributed by atoms with Crippen LogP contribution in [0, 0.1) is 0 Å². The fourth-order valence-corrected chi connectivity index (χ4v) is 5.60. The van der Waals surface area contributed by atoms with Crippen LogP contribution in [0.5, 0.6) is 11.5 Å². The molecule has 2 aliphatic rings. The average Bonchev–Trinajstić information content (AvgIpc) is 3.59. The molecule has 6 rings (SSSR count). The largest absolute Gasteiger partial charge is 0.454 e. The van der Waals surface area contributed by atoms with Gasteiger partial charge in [0.2, 0.25) is 12.7 Å². The van der Waals surface area contributed by atoms with Crippen molar-refractivity contribution in [3.63, 3.8) is 0 Å². The van der Waals surface area contributed by atoms with E-state index in [4.69, 9.17) is 9.47 Å². The van der Waals surface area contributed by atoms with Crippen molar-refractivity contribution in [2.24, 2.45) is 0 Å². The first-order valence-corrected chi connectivity index (χ1v) is 12.5. The monoisotopic (exact) mass is 484 g/mol. The average molecular weight is 485 g/mol. The van der Waals surface area contributed by atoms with E-state index >= 15 is 0 Å². The maximum Gasteiger partial charge on any atom is 0.240 e. The van der Waals surface area contributed by atoms with Crippen LogP contribution in [0.1, 0.15) is 19.4 Å². The minimum absolute atomic E-state index is 0.0692. The van der Waals surface area contributed by atoms with E-state index < -0.39 is 0 Å². The Morgan fingerprint density at radius 3 is 2.63 bits per heavy atom. The van der Waals surface area contributed by atoms with Crippen LogP contribution in [0.2, 0.25) is 0 Å². The van der Waals surface area contributed by atoms with Crippen LogP contribution in [0.4, 0.5) is 5.69 Å². The van der Waals surface area contributed by atoms with Gasteiger partial charge in [-0.25, -0.2) is 0 Å². The highest BCUT2D eigenvalue weighted by Crippen LogP contribution is 2.38. The van der Waals surface area contributed by atoms with Gasteiger partial charge in [-0.05, 0) is 62.2 Å². The zero-order chi connectivity index (χ0) is 23.9. The van der Waals surface area contributed by atoms with Gasteiger partial charge in [0.05, 0.1) is 5.25 Å². The fraction of sp³-hybridized carbons (Fsp3) is 0.222. The van der Waals surface area contributed by atoms with Crippen molar-refractivity contribution in [2.45, 2.75) is 36.7 Å². The number of amides is 1. The third-order valence-corrected chi connectivity index (χ3v) is 7.38. The first-order chi connectivity index (χ1) is 17.1. The quantitative estimate of drug-likeness (QED) is 0.366. The molecule has 7 nitrogen and oxygen atoms in total. The molecule has 3 heterocycles. The maximum atomic E-state index is 13.6. The summed E-state index contributed by atoms with van der Waals surface area (Å²) in [7, 11) is 0. The first kappa shape index (κ1) is 21.7. The van der Waals surface area contributed by atoms with Crippen LogP contribution in [-0.4, -0.2) is 38.8 Å². The summed E-state index contributed by atoms with van der Waals surface area (Å²) in [5.74, 6) is 2.15. The third-order valence-electron chi connectivity index (χ3n) is 6.35. The zero-order valence-electron chi connectivity index (χ0n) is 19.4. The van der Waals surface area contributed by atoms with E-state index in [0.717, 1.165) is 23.4 Å². The van der Waals surface area contributed by atoms with E-state index in [1.807, 2.05) is 83.1 Å². The molecule has 0 aliphatic carbocycles. The molecule has 176 valence electrons. The molecule has 2 aliphatic heterocycles. The summed E-state index contributed by atoms with van der Waals surface area (Å²) in [6, 6.07) is 23.9. The number of aromatic nitrogens is 3. The van der Waals surface area contributed by atoms with Gasteiger partial charge in [-0.1, -0.05) is 48.2 Å². The molecule has 3 aromatic carbocycles. The minimum atomic E-state index is -0.347. The number of carbonyl (C=O) groups is 1. The van der Waals surface area contributed by atoms with Gasteiger partial charge in [-0.15, -0.1) is 10.2 Å². The highest BCUT2D eigenvalue weighted by molar-refractivity contribution is 8.00. The predicted molar refractivity (Wildman–Crippen MR) is 135 cm³/mol. The maximum absolute atomic E-state index is 13.6. The second-order valence-electron chi connectivity index (χ2n) is 8.70. The van der Waals surface area contributed by atoms with E-state index in [9.17, 15) is 4.79 Å². The molecular weight excluding hydrogens is 460 g/mol. The number of carbonyl (C=O) groups excluding carboxylic acids is 1. The highest BCUT2D eigenvalue weighted by Gasteiger charge is 2.34. The third kappa shape index (κ3) is 3.83. The van der Waals surface area contributed by atoms with Crippen LogP contribution in [-0.2, 0) is 11.2 Å². The van der Waals surface area contributed by atoms with Crippen molar-refractivity contribution in [3.8, 4) is 28.6 Å². The summed E-state index contributed by atoms with van der Waals surface area (Å²) < 4.78 is 13.0. The van der Waals surface area contributed by atoms with Crippen LogP contribution >= 0.6 is 11.8 Å². The van der Waals surface area contributed by atoms with Gasteiger partial charge < -0.3 is 14.4 Å². The van der Waals surface area contributed by atoms with E-state index in [1.165, 1.54) is 17.3 Å². The van der Waals surface area contributed by atoms with Gasteiger partial charge in [0.1, 0.15) is 0 Å². The SMILES string of the molecule is C[C@H](Sc1nnc(-c2ccc3c(c2)OCO3)n1-c1ccccc1)C(=O)N1c2ccccc2C[C@@H]1C. The first-order valence-electron chi connectivity index (χ1n) is 11.6. The Morgan fingerprint density at radius 2 is 1.77 bits per heavy atom. The smallest absolute Gasteiger partial charge is 0.240 e. The molecule has 8 heteroatoms. The van der Waals surface area contributed by atoms with E-state index in [-0.39, 0.29) is 24.0 Å². The normalized spacial score (nSPS) is 16.9. The highest BCUT2D eigenvalue weighted by atomic mass is 32.2. The van der Waals surface area contributed by atoms with Gasteiger partial charge in [0.15, 0.2) is 22.5 Å². The summed E-state index contributed by atoms with van der Waals surface area (Å²) in [6.45, 7) is 4.24. The Labute approximate surface area is 207 Å². The molecule has 0 radical (unpaired) electrons. The number of anilines is 1. The Bertz CT molecular complexity index is 1400. The van der Waals surface area contributed by atoms with Gasteiger partial charge in [0, 0.05) is 23.0 Å². The topological polar surface area (TPSA) is 69.5 Å². The van der Waals surface area contributed by atoms with Crippen molar-refractivity contribution < 1.29 is 14.3 Å². The summed E-state index contributed by atoms with van der Waals surface area (Å²) in [5.41, 5.74) is 4.00. The van der Waals surface area contributed by atoms with Gasteiger partial charge in [-0.2, -0.15) is 0 Å². The molecular formula is C27H24N4O3S. The van der Waals surface area contributed by atoms with E-state index in [1.54, 1.807) is 0 Å². The second kappa shape index (κ2) is 8.78. The number of thioether (sulfide) groups is 1. The molecule has 0 saturated heterocycles. The van der Waals surface area contributed by atoms with E-state index in [0.29, 0.717) is 22.5 Å². The molecule has 0 spiro atoms. The fourth-order valence-electron chi connectivity index (χ4n) is 4.68. The lowest BCUT2D eigenvalue weighted by Gasteiger charge is -2.25. The van der Waals surface area contributed by atoms with Gasteiger partial charge in [0.25, 0.3) is 0 Å². The van der Waals surface area contributed by atoms with Crippen LogP contribution in [0.25, 0.3) is 17.1 Å². The summed E-state index contributed by atoms with van der Waals surface area (Å²) in [6.07, 6.45) is 0.869. The van der Waals surface area contributed by atoms with Crippen LogP contribution in [0.3, 0.4) is 0 Å². The molecule has 0 fully saturated rings. The summed E-state index contributed by atoms with van der Waals surface area (Å²) in [4.78, 5) is 15.5. The molecule has 0 N–H and O–H groups in total. The van der Waals surface area contributed by atoms with Crippen molar-refractivity contribution in [2.75, 3.05) is 11.7 Å². The second-order valence-corrected chi connectivity index (χ2v) is 10.0. The number of fused-ring (bicyclic) bond motifs is 2. The summed E-state index contributed by atoms with van der Waals surface area (Å²) in [5, 5.41) is 9.34. The standard InChI is InChI=1S/C27H24N4O3S/c1-17-14-19-8-6-7-11-22(19)30(17)26(32)18(2)35-27-29-28-25(31(27)21-9-4-3-5-10-21)20-12-13-23-24(15-20)34-16-33-23/h3-13,15,17-18H,14,16H2,1-2H3/t17-,18-/m0/s1. The number of rotatable bonds is 5. The molecule has 0 unspecified atom stereocenters. The Hall–Kier alpha value is -3.78. The molecule has 35 heavy (non-hydrogen) atoms. The number of benzene rings is 3. The van der Waals surface area contributed by atoms with Crippen molar-refractivity contribution in [1.29, 1.82) is 0 Å². The Kier molecular flexibility index (Phi) is 5.45. The predicted octanol–water partition coefficient (Wildman–Crippen LogP) is 5.12. The lowest BCUT2D eigenvalue weighted by atomic mass is 10.1. The molecule has 0 saturated carbocycles. The lowest BCUT2D eigenvalue weighted by molar-refractivity contribution is -0.118. The number of hydrogen-bond donors (Lipinski definition) is 0. The lowest BCUT2D eigenvalue weighted by Crippen LogP contribution is -2.40. The number of ether oxygens (including phenoxy) is 2. The van der Waals surface area contributed by atoms with Crippen molar-refractivity contribution in [3.05, 3.63) is 78.4 Å².